The number of hydrazone groups is 1. The maximum atomic E-state index is 9.13. The van der Waals surface area contributed by atoms with E-state index in [1.807, 2.05) is 0 Å². The van der Waals surface area contributed by atoms with Crippen molar-refractivity contribution in [1.29, 1.82) is 0 Å². The van der Waals surface area contributed by atoms with E-state index in [2.05, 4.69) is 10.8 Å². The molecule has 0 aromatic rings. The Morgan fingerprint density at radius 3 is 2.50 bits per heavy atom. The van der Waals surface area contributed by atoms with Crippen LogP contribution in [0.3, 0.4) is 0 Å². The molecule has 0 rings (SSSR count). The molecule has 0 aliphatic carbocycles. The second-order valence-corrected chi connectivity index (χ2v) is 0.502. The summed E-state index contributed by atoms with van der Waals surface area (Å²) in [6.45, 7) is 0. The molecular weight excluding hydrogens is 86.0 g/mol. The van der Waals surface area contributed by atoms with Crippen molar-refractivity contribution in [1.82, 2.24) is 0 Å². The van der Waals surface area contributed by atoms with Crippen molar-refractivity contribution in [2.75, 3.05) is 0 Å². The molecule has 0 unspecified atom stereocenters. The van der Waals surface area contributed by atoms with E-state index >= 15 is 0 Å². The van der Waals surface area contributed by atoms with Crippen molar-refractivity contribution in [2.24, 2.45) is 10.8 Å². The average Bonchev–Trinajstić information content (AvgIpc) is 1.35. The van der Waals surface area contributed by atoms with Crippen LogP contribution in [0.4, 0.5) is 0 Å². The first-order valence-corrected chi connectivity index (χ1v) is 1.16. The van der Waals surface area contributed by atoms with Crippen LogP contribution in [0.2, 0.25) is 0 Å². The van der Waals surface area contributed by atoms with E-state index in [0.29, 0.717) is 6.34 Å². The van der Waals surface area contributed by atoms with E-state index in [9.17, 15) is 0 Å². The van der Waals surface area contributed by atoms with Crippen LogP contribution in [0.25, 0.3) is 0 Å². The Balaban J connectivity index is 3.30. The van der Waals surface area contributed by atoms with Crippen LogP contribution in [0.1, 0.15) is 0 Å². The standard InChI is InChI=1S/CH3N3O2/c2-1-3-4(5)6/h1H,(H2,2,3). The van der Waals surface area contributed by atoms with Crippen molar-refractivity contribution < 1.29 is 5.03 Å². The zero-order chi connectivity index (χ0) is 4.99. The molecule has 0 amide bonds. The molecule has 0 aromatic heterocycles. The van der Waals surface area contributed by atoms with Gasteiger partial charge in [-0.15, -0.1) is 0 Å². The normalized spacial score (nSPS) is 9.33. The van der Waals surface area contributed by atoms with Gasteiger partial charge in [-0.3, -0.25) is 0 Å². The molecule has 0 aliphatic heterocycles. The second-order valence-electron chi connectivity index (χ2n) is 0.502. The Hall–Kier alpha value is -1.13. The number of hydrogen-bond donors (Lipinski definition) is 1. The number of nitrogens with two attached hydrogens (primary N) is 1. The zero-order valence-electron chi connectivity index (χ0n) is 2.87. The number of rotatable bonds is 1. The van der Waals surface area contributed by atoms with Gasteiger partial charge >= 0.3 is 0 Å². The SMILES string of the molecule is NC=N[N+](=O)[O-]. The highest BCUT2D eigenvalue weighted by Gasteiger charge is 1.76. The van der Waals surface area contributed by atoms with E-state index in [1.165, 1.54) is 0 Å². The first-order chi connectivity index (χ1) is 2.77. The van der Waals surface area contributed by atoms with E-state index in [-0.39, 0.29) is 0 Å². The maximum Gasteiger partial charge on any atom is 0.192 e. The molecule has 0 aliphatic rings. The lowest BCUT2D eigenvalue weighted by atomic mass is 11.4. The molecule has 0 radical (unpaired) electrons. The highest BCUT2D eigenvalue weighted by atomic mass is 16.7. The summed E-state index contributed by atoms with van der Waals surface area (Å²) in [7, 11) is 0. The third kappa shape index (κ3) is 2.87. The minimum atomic E-state index is -0.875. The van der Waals surface area contributed by atoms with Gasteiger partial charge in [-0.2, -0.15) is 0 Å². The van der Waals surface area contributed by atoms with Gasteiger partial charge in [-0.25, -0.2) is 10.1 Å². The van der Waals surface area contributed by atoms with Gasteiger partial charge in [0.15, 0.2) is 11.4 Å². The molecule has 34 valence electrons. The quantitative estimate of drug-likeness (QED) is 0.197. The van der Waals surface area contributed by atoms with Crippen LogP contribution in [0.5, 0.6) is 0 Å². The summed E-state index contributed by atoms with van der Waals surface area (Å²) >= 11 is 0. The monoisotopic (exact) mass is 89.0 g/mol. The molecule has 0 fully saturated rings. The van der Waals surface area contributed by atoms with Crippen LogP contribution < -0.4 is 5.73 Å². The lowest BCUT2D eigenvalue weighted by molar-refractivity contribution is -0.484. The van der Waals surface area contributed by atoms with Crippen LogP contribution in [-0.2, 0) is 0 Å². The predicted molar refractivity (Wildman–Crippen MR) is 19.7 cm³/mol. The topological polar surface area (TPSA) is 81.5 Å². The van der Waals surface area contributed by atoms with Gasteiger partial charge in [0.05, 0.1) is 5.10 Å². The van der Waals surface area contributed by atoms with Gasteiger partial charge in [-0.1, -0.05) is 0 Å². The Labute approximate surface area is 33.6 Å². The van der Waals surface area contributed by atoms with E-state index in [0.717, 1.165) is 0 Å². The van der Waals surface area contributed by atoms with Crippen molar-refractivity contribution in [3.63, 3.8) is 0 Å². The van der Waals surface area contributed by atoms with Gasteiger partial charge in [0.25, 0.3) is 0 Å². The van der Waals surface area contributed by atoms with Crippen molar-refractivity contribution in [3.8, 4) is 0 Å². The van der Waals surface area contributed by atoms with Gasteiger partial charge < -0.3 is 5.73 Å². The van der Waals surface area contributed by atoms with E-state index in [1.54, 1.807) is 0 Å². The summed E-state index contributed by atoms with van der Waals surface area (Å²) in [5, 5.41) is 10.8. The van der Waals surface area contributed by atoms with Crippen molar-refractivity contribution >= 4 is 6.34 Å². The van der Waals surface area contributed by atoms with E-state index < -0.39 is 5.03 Å². The maximum absolute atomic E-state index is 9.13. The Bertz CT molecular complexity index is 76.9. The first-order valence-electron chi connectivity index (χ1n) is 1.16. The fourth-order valence-electron chi connectivity index (χ4n) is 0.0544. The number of nitrogens with zero attached hydrogens (tertiary/aromatic N) is 2. The molecule has 0 saturated carbocycles. The molecule has 5 heteroatoms. The molecule has 0 spiro atoms. The fraction of sp³-hybridized carbons (Fsp3) is 0. The average molecular weight is 89.1 g/mol. The minimum Gasteiger partial charge on any atom is -0.385 e. The predicted octanol–water partition coefficient (Wildman–Crippen LogP) is -0.835. The molecule has 0 saturated heterocycles. The second kappa shape index (κ2) is 2.13. The Kier molecular flexibility index (Phi) is 1.73. The molecule has 2 N–H and O–H groups in total. The van der Waals surface area contributed by atoms with Crippen LogP contribution >= 0.6 is 0 Å². The lowest BCUT2D eigenvalue weighted by Crippen LogP contribution is -1.93. The molecule has 0 aromatic carbocycles. The largest absolute Gasteiger partial charge is 0.385 e. The Morgan fingerprint density at radius 2 is 2.50 bits per heavy atom. The van der Waals surface area contributed by atoms with Gasteiger partial charge in [0.1, 0.15) is 0 Å². The van der Waals surface area contributed by atoms with Crippen LogP contribution in [0.15, 0.2) is 5.10 Å². The number of nitro groups is 1. The Morgan fingerprint density at radius 1 is 2.00 bits per heavy atom. The third-order valence-electron chi connectivity index (χ3n) is 0.161. The summed E-state index contributed by atoms with van der Waals surface area (Å²) in [6, 6.07) is 0. The molecule has 0 heterocycles. The summed E-state index contributed by atoms with van der Waals surface area (Å²) in [6.07, 6.45) is 0.625. The fourth-order valence-corrected chi connectivity index (χ4v) is 0.0544. The highest BCUT2D eigenvalue weighted by molar-refractivity contribution is 5.49. The molecular formula is CH3N3O2. The highest BCUT2D eigenvalue weighted by Crippen LogP contribution is 1.58. The summed E-state index contributed by atoms with van der Waals surface area (Å²) in [5.74, 6) is 0. The molecule has 0 bridgehead atoms. The third-order valence-corrected chi connectivity index (χ3v) is 0.161. The number of hydrogen-bond acceptors (Lipinski definition) is 2. The summed E-state index contributed by atoms with van der Waals surface area (Å²) in [5.41, 5.74) is 4.50. The van der Waals surface area contributed by atoms with Gasteiger partial charge in [0, 0.05) is 0 Å². The lowest BCUT2D eigenvalue weighted by Gasteiger charge is -1.66. The molecule has 6 heavy (non-hydrogen) atoms. The van der Waals surface area contributed by atoms with Crippen molar-refractivity contribution in [2.45, 2.75) is 0 Å². The van der Waals surface area contributed by atoms with Gasteiger partial charge in [-0.05, 0) is 0 Å². The smallest absolute Gasteiger partial charge is 0.192 e. The van der Waals surface area contributed by atoms with Crippen LogP contribution in [0, 0.1) is 10.1 Å². The minimum absolute atomic E-state index is 0.625. The first kappa shape index (κ1) is 4.87. The van der Waals surface area contributed by atoms with Crippen LogP contribution in [-0.4, -0.2) is 11.4 Å². The molecule has 5 nitrogen and oxygen atoms in total. The van der Waals surface area contributed by atoms with E-state index in [4.69, 9.17) is 10.1 Å². The zero-order valence-corrected chi connectivity index (χ0v) is 2.87. The van der Waals surface area contributed by atoms with Gasteiger partial charge in [0.2, 0.25) is 0 Å². The van der Waals surface area contributed by atoms with Crippen molar-refractivity contribution in [3.05, 3.63) is 10.1 Å². The molecule has 0 atom stereocenters. The summed E-state index contributed by atoms with van der Waals surface area (Å²) in [4.78, 5) is 9.13. The summed E-state index contributed by atoms with van der Waals surface area (Å²) < 4.78 is 0.